The highest BCUT2D eigenvalue weighted by molar-refractivity contribution is 7.15. The lowest BCUT2D eigenvalue weighted by Gasteiger charge is -2.16. The van der Waals surface area contributed by atoms with Crippen molar-refractivity contribution in [3.05, 3.63) is 59.1 Å². The molecule has 10 heteroatoms. The molecule has 0 aliphatic carbocycles. The molecule has 3 aromatic rings. The number of anilines is 3. The van der Waals surface area contributed by atoms with Gasteiger partial charge in [0.1, 0.15) is 10.8 Å². The summed E-state index contributed by atoms with van der Waals surface area (Å²) in [7, 11) is 1.60. The first-order valence-corrected chi connectivity index (χ1v) is 11.3. The van der Waals surface area contributed by atoms with Crippen molar-refractivity contribution in [2.24, 2.45) is 0 Å². The molecule has 1 unspecified atom stereocenters. The molecule has 1 aliphatic rings. The van der Waals surface area contributed by atoms with Gasteiger partial charge in [-0.3, -0.25) is 19.7 Å². The van der Waals surface area contributed by atoms with Crippen LogP contribution >= 0.6 is 11.3 Å². The molecule has 3 amide bonds. The summed E-state index contributed by atoms with van der Waals surface area (Å²) in [5, 5.41) is 14.8. The molecule has 1 fully saturated rings. The van der Waals surface area contributed by atoms with Gasteiger partial charge in [0.25, 0.3) is 5.91 Å². The fraction of sp³-hybridized carbons (Fsp3) is 0.261. The van der Waals surface area contributed by atoms with Gasteiger partial charge < -0.3 is 15.0 Å². The standard InChI is InChI=1S/C23H23N5O4S/c1-3-19(29)24-16-6-4-14(5-7-16)21(31)25-23-27-26-22(33-23)15-12-20(30)28(13-15)17-8-10-18(32-2)11-9-17/h4-11,15H,3,12-13H2,1-2H3,(H,24,29)(H,25,27,31). The number of carbonyl (C=O) groups is 3. The van der Waals surface area contributed by atoms with Crippen LogP contribution < -0.4 is 20.3 Å². The SMILES string of the molecule is CCC(=O)Nc1ccc(C(=O)Nc2nnc(C3CC(=O)N(c4ccc(OC)cc4)C3)s2)cc1. The molecule has 1 atom stereocenters. The summed E-state index contributed by atoms with van der Waals surface area (Å²) >= 11 is 1.26. The number of aromatic nitrogens is 2. The van der Waals surface area contributed by atoms with Crippen molar-refractivity contribution in [1.82, 2.24) is 10.2 Å². The minimum Gasteiger partial charge on any atom is -0.497 e. The maximum Gasteiger partial charge on any atom is 0.257 e. The zero-order chi connectivity index (χ0) is 23.4. The number of nitrogens with one attached hydrogen (secondary N) is 2. The van der Waals surface area contributed by atoms with Crippen molar-refractivity contribution < 1.29 is 19.1 Å². The first-order valence-electron chi connectivity index (χ1n) is 10.5. The fourth-order valence-electron chi connectivity index (χ4n) is 3.46. The summed E-state index contributed by atoms with van der Waals surface area (Å²) in [4.78, 5) is 38.3. The fourth-order valence-corrected chi connectivity index (χ4v) is 4.29. The Kier molecular flexibility index (Phi) is 6.64. The second-order valence-corrected chi connectivity index (χ2v) is 8.49. The van der Waals surface area contributed by atoms with Gasteiger partial charge in [-0.2, -0.15) is 0 Å². The van der Waals surface area contributed by atoms with Crippen molar-refractivity contribution >= 4 is 45.6 Å². The van der Waals surface area contributed by atoms with Crippen molar-refractivity contribution in [1.29, 1.82) is 0 Å². The zero-order valence-electron chi connectivity index (χ0n) is 18.2. The van der Waals surface area contributed by atoms with E-state index in [2.05, 4.69) is 20.8 Å². The van der Waals surface area contributed by atoms with Gasteiger partial charge in [-0.05, 0) is 48.5 Å². The number of nitrogens with zero attached hydrogens (tertiary/aromatic N) is 3. The molecule has 1 saturated heterocycles. The van der Waals surface area contributed by atoms with Gasteiger partial charge >= 0.3 is 0 Å². The van der Waals surface area contributed by atoms with Gasteiger partial charge in [0.2, 0.25) is 16.9 Å². The molecule has 2 N–H and O–H groups in total. The van der Waals surface area contributed by atoms with Gasteiger partial charge in [0, 0.05) is 42.2 Å². The lowest BCUT2D eigenvalue weighted by Crippen LogP contribution is -2.24. The number of ether oxygens (including phenoxy) is 1. The minimum absolute atomic E-state index is 0.0150. The molecule has 0 spiro atoms. The molecule has 0 bridgehead atoms. The van der Waals surface area contributed by atoms with E-state index in [1.807, 2.05) is 24.3 Å². The molecule has 1 aliphatic heterocycles. The third kappa shape index (κ3) is 5.17. The number of hydrogen-bond donors (Lipinski definition) is 2. The molecule has 1 aromatic heterocycles. The first-order chi connectivity index (χ1) is 16.0. The third-order valence-electron chi connectivity index (χ3n) is 5.27. The molecule has 9 nitrogen and oxygen atoms in total. The largest absolute Gasteiger partial charge is 0.497 e. The summed E-state index contributed by atoms with van der Waals surface area (Å²) in [5.74, 6) is 0.232. The van der Waals surface area contributed by atoms with E-state index in [0.717, 1.165) is 11.4 Å². The molecule has 170 valence electrons. The summed E-state index contributed by atoms with van der Waals surface area (Å²) in [6.07, 6.45) is 0.714. The minimum atomic E-state index is -0.326. The molecule has 0 radical (unpaired) electrons. The lowest BCUT2D eigenvalue weighted by atomic mass is 10.1. The molecular weight excluding hydrogens is 442 g/mol. The van der Waals surface area contributed by atoms with Crippen LogP contribution in [0.3, 0.4) is 0 Å². The Bertz CT molecular complexity index is 1160. The number of carbonyl (C=O) groups excluding carboxylic acids is 3. The Morgan fingerprint density at radius 1 is 1.09 bits per heavy atom. The molecule has 0 saturated carbocycles. The van der Waals surface area contributed by atoms with Gasteiger partial charge in [-0.1, -0.05) is 18.3 Å². The van der Waals surface area contributed by atoms with E-state index in [4.69, 9.17) is 4.74 Å². The third-order valence-corrected chi connectivity index (χ3v) is 6.27. The first kappa shape index (κ1) is 22.4. The molecule has 33 heavy (non-hydrogen) atoms. The molecule has 2 aromatic carbocycles. The summed E-state index contributed by atoms with van der Waals surface area (Å²) in [6, 6.07) is 13.9. The molecular formula is C23H23N5O4S. The van der Waals surface area contributed by atoms with E-state index in [9.17, 15) is 14.4 Å². The monoisotopic (exact) mass is 465 g/mol. The van der Waals surface area contributed by atoms with Crippen LogP contribution in [0.15, 0.2) is 48.5 Å². The van der Waals surface area contributed by atoms with Crippen LogP contribution in [0.1, 0.15) is 41.0 Å². The number of rotatable bonds is 7. The van der Waals surface area contributed by atoms with Gasteiger partial charge in [0.05, 0.1) is 7.11 Å². The Balaban J connectivity index is 1.38. The van der Waals surface area contributed by atoms with Crippen molar-refractivity contribution in [3.63, 3.8) is 0 Å². The second kappa shape index (κ2) is 9.78. The Labute approximate surface area is 194 Å². The van der Waals surface area contributed by atoms with Crippen molar-refractivity contribution in [2.75, 3.05) is 29.2 Å². The zero-order valence-corrected chi connectivity index (χ0v) is 19.0. The highest BCUT2D eigenvalue weighted by Crippen LogP contribution is 2.34. The van der Waals surface area contributed by atoms with Crippen LogP contribution in [0.5, 0.6) is 5.75 Å². The number of hydrogen-bond acceptors (Lipinski definition) is 7. The van der Waals surface area contributed by atoms with E-state index in [-0.39, 0.29) is 23.6 Å². The quantitative estimate of drug-likeness (QED) is 0.550. The van der Waals surface area contributed by atoms with Crippen LogP contribution in [-0.2, 0) is 9.59 Å². The lowest BCUT2D eigenvalue weighted by molar-refractivity contribution is -0.117. The van der Waals surface area contributed by atoms with Crippen LogP contribution in [0, 0.1) is 0 Å². The topological polar surface area (TPSA) is 114 Å². The van der Waals surface area contributed by atoms with Crippen LogP contribution in [-0.4, -0.2) is 41.6 Å². The summed E-state index contributed by atoms with van der Waals surface area (Å²) < 4.78 is 5.17. The van der Waals surface area contributed by atoms with Crippen LogP contribution in [0.25, 0.3) is 0 Å². The highest BCUT2D eigenvalue weighted by atomic mass is 32.1. The maximum atomic E-state index is 12.6. The van der Waals surface area contributed by atoms with Crippen LogP contribution in [0.4, 0.5) is 16.5 Å². The molecule has 4 rings (SSSR count). The van der Waals surface area contributed by atoms with E-state index < -0.39 is 0 Å². The Morgan fingerprint density at radius 3 is 2.48 bits per heavy atom. The van der Waals surface area contributed by atoms with E-state index in [1.165, 1.54) is 11.3 Å². The normalized spacial score (nSPS) is 15.4. The predicted molar refractivity (Wildman–Crippen MR) is 126 cm³/mol. The van der Waals surface area contributed by atoms with E-state index in [1.54, 1.807) is 43.2 Å². The van der Waals surface area contributed by atoms with Gasteiger partial charge in [-0.25, -0.2) is 0 Å². The number of benzene rings is 2. The van der Waals surface area contributed by atoms with E-state index >= 15 is 0 Å². The van der Waals surface area contributed by atoms with Crippen LogP contribution in [0.2, 0.25) is 0 Å². The van der Waals surface area contributed by atoms with E-state index in [0.29, 0.717) is 40.8 Å². The smallest absolute Gasteiger partial charge is 0.257 e. The Morgan fingerprint density at radius 2 is 1.82 bits per heavy atom. The average molecular weight is 466 g/mol. The highest BCUT2D eigenvalue weighted by Gasteiger charge is 2.34. The van der Waals surface area contributed by atoms with Crippen molar-refractivity contribution in [2.45, 2.75) is 25.7 Å². The number of methoxy groups -OCH3 is 1. The van der Waals surface area contributed by atoms with Gasteiger partial charge in [0.15, 0.2) is 0 Å². The van der Waals surface area contributed by atoms with Crippen molar-refractivity contribution in [3.8, 4) is 5.75 Å². The predicted octanol–water partition coefficient (Wildman–Crippen LogP) is 3.67. The second-order valence-electron chi connectivity index (χ2n) is 7.48. The van der Waals surface area contributed by atoms with Gasteiger partial charge in [-0.15, -0.1) is 10.2 Å². The summed E-state index contributed by atoms with van der Waals surface area (Å²) in [6.45, 7) is 2.27. The number of amides is 3. The average Bonchev–Trinajstić information content (AvgIpc) is 3.46. The maximum absolute atomic E-state index is 12.6. The summed E-state index contributed by atoms with van der Waals surface area (Å²) in [5.41, 5.74) is 1.87. The Hall–Kier alpha value is -3.79. The molecule has 2 heterocycles.